The van der Waals surface area contributed by atoms with E-state index in [9.17, 15) is 4.79 Å². The molecule has 5 nitrogen and oxygen atoms in total. The number of ether oxygens (including phenoxy) is 1. The second-order valence-corrected chi connectivity index (χ2v) is 3.41. The van der Waals surface area contributed by atoms with Gasteiger partial charge >= 0.3 is 5.97 Å². The van der Waals surface area contributed by atoms with Gasteiger partial charge in [-0.3, -0.25) is 0 Å². The summed E-state index contributed by atoms with van der Waals surface area (Å²) in [7, 11) is 1.33. The van der Waals surface area contributed by atoms with Gasteiger partial charge < -0.3 is 4.74 Å². The number of pyridine rings is 1. The van der Waals surface area contributed by atoms with Crippen LogP contribution in [0.3, 0.4) is 0 Å². The zero-order valence-electron chi connectivity index (χ0n) is 7.27. The molecule has 2 aromatic heterocycles. The minimum Gasteiger partial charge on any atom is -0.464 e. The molecule has 0 amide bonds. The topological polar surface area (TPSA) is 56.5 Å². The third kappa shape index (κ3) is 1.27. The van der Waals surface area contributed by atoms with E-state index in [-0.39, 0.29) is 0 Å². The average Bonchev–Trinajstić information content (AvgIpc) is 2.67. The van der Waals surface area contributed by atoms with Crippen LogP contribution < -0.4 is 0 Å². The van der Waals surface area contributed by atoms with E-state index in [0.29, 0.717) is 11.3 Å². The van der Waals surface area contributed by atoms with Gasteiger partial charge in [0.05, 0.1) is 11.6 Å². The lowest BCUT2D eigenvalue weighted by Gasteiger charge is -2.02. The van der Waals surface area contributed by atoms with E-state index in [4.69, 9.17) is 0 Å². The zero-order valence-corrected chi connectivity index (χ0v) is 8.85. The number of hydrogen-bond donors (Lipinski definition) is 0. The number of hydrogen-bond acceptors (Lipinski definition) is 4. The molecule has 0 aliphatic carbocycles. The predicted octanol–water partition coefficient (Wildman–Crippen LogP) is 1.28. The van der Waals surface area contributed by atoms with Crippen molar-refractivity contribution in [3.8, 4) is 0 Å². The molecule has 2 heterocycles. The van der Waals surface area contributed by atoms with E-state index in [0.717, 1.165) is 4.47 Å². The van der Waals surface area contributed by atoms with Crippen LogP contribution in [0.5, 0.6) is 0 Å². The fraction of sp³-hybridized carbons (Fsp3) is 0.125. The van der Waals surface area contributed by atoms with Crippen molar-refractivity contribution in [2.45, 2.75) is 0 Å². The molecule has 14 heavy (non-hydrogen) atoms. The highest BCUT2D eigenvalue weighted by Gasteiger charge is 2.12. The van der Waals surface area contributed by atoms with E-state index in [1.54, 1.807) is 12.1 Å². The lowest BCUT2D eigenvalue weighted by Crippen LogP contribution is -2.08. The van der Waals surface area contributed by atoms with E-state index < -0.39 is 5.97 Å². The molecule has 2 aromatic rings. The van der Waals surface area contributed by atoms with E-state index >= 15 is 0 Å². The first kappa shape index (κ1) is 9.14. The van der Waals surface area contributed by atoms with Gasteiger partial charge in [-0.25, -0.2) is 14.3 Å². The molecule has 0 aliphatic rings. The number of rotatable bonds is 1. The van der Waals surface area contributed by atoms with Gasteiger partial charge in [-0.15, -0.1) is 0 Å². The molecule has 0 bridgehead atoms. The molecule has 6 heteroatoms. The molecule has 0 aromatic carbocycles. The summed E-state index contributed by atoms with van der Waals surface area (Å²) < 4.78 is 6.82. The van der Waals surface area contributed by atoms with Crippen molar-refractivity contribution in [2.75, 3.05) is 7.11 Å². The quantitative estimate of drug-likeness (QED) is 0.721. The number of halogens is 1. The maximum Gasteiger partial charge on any atom is 0.356 e. The van der Waals surface area contributed by atoms with Crippen LogP contribution >= 0.6 is 15.9 Å². The van der Waals surface area contributed by atoms with Gasteiger partial charge in [0.1, 0.15) is 6.33 Å². The molecule has 0 saturated carbocycles. The zero-order chi connectivity index (χ0) is 10.1. The monoisotopic (exact) mass is 255 g/mol. The van der Waals surface area contributed by atoms with Gasteiger partial charge in [0, 0.05) is 0 Å². The number of fused-ring (bicyclic) bond motifs is 1. The van der Waals surface area contributed by atoms with Gasteiger partial charge in [0.25, 0.3) is 0 Å². The Bertz CT molecular complexity index is 494. The summed E-state index contributed by atoms with van der Waals surface area (Å²) in [5.41, 5.74) is 0.941. The largest absolute Gasteiger partial charge is 0.464 e. The third-order valence-corrected chi connectivity index (χ3v) is 2.39. The molecule has 0 aliphatic heterocycles. The van der Waals surface area contributed by atoms with Crippen LogP contribution in [0.25, 0.3) is 5.65 Å². The number of nitrogens with zero attached hydrogens (tertiary/aromatic N) is 3. The van der Waals surface area contributed by atoms with Gasteiger partial charge in [-0.05, 0) is 28.1 Å². The Kier molecular flexibility index (Phi) is 2.20. The highest BCUT2D eigenvalue weighted by atomic mass is 79.9. The molecule has 0 fully saturated rings. The third-order valence-electron chi connectivity index (χ3n) is 1.77. The van der Waals surface area contributed by atoms with Gasteiger partial charge in [0.2, 0.25) is 0 Å². The Labute approximate surface area is 87.8 Å². The lowest BCUT2D eigenvalue weighted by molar-refractivity contribution is 0.0591. The standard InChI is InChI=1S/C8H6BrN3O2/c1-14-8(13)6-3-2-5(9)7-10-4-11-12(6)7/h2-4H,1H3. The normalized spacial score (nSPS) is 10.4. The van der Waals surface area contributed by atoms with Crippen LogP contribution in [0.15, 0.2) is 22.9 Å². The van der Waals surface area contributed by atoms with E-state index in [2.05, 4.69) is 30.7 Å². The van der Waals surface area contributed by atoms with Crippen molar-refractivity contribution in [1.29, 1.82) is 0 Å². The molecule has 0 unspecified atom stereocenters. The van der Waals surface area contributed by atoms with Crippen LogP contribution in [-0.4, -0.2) is 27.7 Å². The first-order chi connectivity index (χ1) is 6.74. The van der Waals surface area contributed by atoms with E-state index in [1.165, 1.54) is 18.0 Å². The van der Waals surface area contributed by atoms with Gasteiger partial charge in [-0.2, -0.15) is 5.10 Å². The Balaban J connectivity index is 2.72. The summed E-state index contributed by atoms with van der Waals surface area (Å²) >= 11 is 3.31. The van der Waals surface area contributed by atoms with Crippen LogP contribution in [-0.2, 0) is 4.74 Å². The molecule has 2 rings (SSSR count). The number of esters is 1. The summed E-state index contributed by atoms with van der Waals surface area (Å²) in [6, 6.07) is 3.36. The smallest absolute Gasteiger partial charge is 0.356 e. The number of carbonyl (C=O) groups excluding carboxylic acids is 1. The summed E-state index contributed by atoms with van der Waals surface area (Å²) in [6.45, 7) is 0. The maximum absolute atomic E-state index is 11.3. The van der Waals surface area contributed by atoms with Gasteiger partial charge in [-0.1, -0.05) is 0 Å². The maximum atomic E-state index is 11.3. The van der Waals surface area contributed by atoms with Crippen molar-refractivity contribution in [3.05, 3.63) is 28.6 Å². The fourth-order valence-corrected chi connectivity index (χ4v) is 1.54. The van der Waals surface area contributed by atoms with E-state index in [1.807, 2.05) is 0 Å². The first-order valence-electron chi connectivity index (χ1n) is 3.80. The van der Waals surface area contributed by atoms with Crippen molar-refractivity contribution >= 4 is 27.5 Å². The fourth-order valence-electron chi connectivity index (χ4n) is 1.14. The van der Waals surface area contributed by atoms with Gasteiger partial charge in [0.15, 0.2) is 11.3 Å². The minimum atomic E-state index is -0.437. The molecule has 0 spiro atoms. The lowest BCUT2D eigenvalue weighted by atomic mass is 10.3. The molecule has 72 valence electrons. The Hall–Kier alpha value is -1.43. The molecule has 0 N–H and O–H groups in total. The summed E-state index contributed by atoms with van der Waals surface area (Å²) in [4.78, 5) is 15.3. The summed E-state index contributed by atoms with van der Waals surface area (Å²) in [6.07, 6.45) is 1.38. The number of methoxy groups -OCH3 is 1. The molecular weight excluding hydrogens is 250 g/mol. The van der Waals surface area contributed by atoms with Crippen molar-refractivity contribution in [1.82, 2.24) is 14.6 Å². The van der Waals surface area contributed by atoms with Crippen LogP contribution in [0.2, 0.25) is 0 Å². The van der Waals surface area contributed by atoms with Crippen molar-refractivity contribution < 1.29 is 9.53 Å². The Morgan fingerprint density at radius 2 is 2.36 bits per heavy atom. The second-order valence-electron chi connectivity index (χ2n) is 2.55. The molecule has 0 radical (unpaired) electrons. The van der Waals surface area contributed by atoms with Crippen molar-refractivity contribution in [2.24, 2.45) is 0 Å². The predicted molar refractivity (Wildman–Crippen MR) is 52.0 cm³/mol. The highest BCUT2D eigenvalue weighted by Crippen LogP contribution is 2.17. The number of aromatic nitrogens is 3. The molecule has 0 atom stereocenters. The number of carbonyl (C=O) groups is 1. The SMILES string of the molecule is COC(=O)c1ccc(Br)c2ncnn12. The Morgan fingerprint density at radius 3 is 3.07 bits per heavy atom. The van der Waals surface area contributed by atoms with Crippen molar-refractivity contribution in [3.63, 3.8) is 0 Å². The summed E-state index contributed by atoms with van der Waals surface area (Å²) in [5.74, 6) is -0.437. The highest BCUT2D eigenvalue weighted by molar-refractivity contribution is 9.10. The summed E-state index contributed by atoms with van der Waals surface area (Å²) in [5, 5.41) is 3.92. The first-order valence-corrected chi connectivity index (χ1v) is 4.60. The molecular formula is C8H6BrN3O2. The molecule has 0 saturated heterocycles. The average molecular weight is 256 g/mol. The second kappa shape index (κ2) is 3.38. The Morgan fingerprint density at radius 1 is 1.57 bits per heavy atom. The van der Waals surface area contributed by atoms with Crippen LogP contribution in [0, 0.1) is 0 Å². The van der Waals surface area contributed by atoms with Crippen LogP contribution in [0.4, 0.5) is 0 Å². The minimum absolute atomic E-state index is 0.350. The van der Waals surface area contributed by atoms with Crippen LogP contribution in [0.1, 0.15) is 10.5 Å².